The summed E-state index contributed by atoms with van der Waals surface area (Å²) in [6, 6.07) is 0.447. The van der Waals surface area contributed by atoms with E-state index in [1.54, 1.807) is 4.31 Å². The fourth-order valence-electron chi connectivity index (χ4n) is 2.91. The molecule has 0 aliphatic carbocycles. The number of hydrogen-bond donors (Lipinski definition) is 1. The Balaban J connectivity index is 1.77. The van der Waals surface area contributed by atoms with Crippen LogP contribution < -0.4 is 5.32 Å². The number of rotatable bonds is 6. The first-order chi connectivity index (χ1) is 9.50. The number of hydrogen-bond acceptors (Lipinski definition) is 5. The normalized spacial score (nSPS) is 29.9. The maximum atomic E-state index is 11.5. The lowest BCUT2D eigenvalue weighted by Gasteiger charge is -2.35. The highest BCUT2D eigenvalue weighted by atomic mass is 32.2. The van der Waals surface area contributed by atoms with Crippen molar-refractivity contribution < 1.29 is 13.2 Å². The van der Waals surface area contributed by atoms with Crippen LogP contribution in [0.5, 0.6) is 0 Å². The number of sulfonamides is 1. The maximum Gasteiger partial charge on any atom is 0.211 e. The van der Waals surface area contributed by atoms with Gasteiger partial charge in [-0.25, -0.2) is 8.42 Å². The largest absolute Gasteiger partial charge is 0.379 e. The summed E-state index contributed by atoms with van der Waals surface area (Å²) in [4.78, 5) is 2.36. The van der Waals surface area contributed by atoms with Crippen molar-refractivity contribution in [1.82, 2.24) is 14.5 Å². The first kappa shape index (κ1) is 16.2. The standard InChI is InChI=1S/C13H27N3O3S/c1-3-4-14-13-11-19-10-12(13)9-15-5-7-16(8-6-15)20(2,17)18/h12-14H,3-11H2,1-2H3. The van der Waals surface area contributed by atoms with Crippen LogP contribution in [-0.2, 0) is 14.8 Å². The second kappa shape index (κ2) is 7.17. The fourth-order valence-corrected chi connectivity index (χ4v) is 3.74. The van der Waals surface area contributed by atoms with Crippen molar-refractivity contribution in [3.05, 3.63) is 0 Å². The summed E-state index contributed by atoms with van der Waals surface area (Å²) in [5.74, 6) is 0.520. The monoisotopic (exact) mass is 305 g/mol. The molecule has 7 heteroatoms. The van der Waals surface area contributed by atoms with E-state index in [0.717, 1.165) is 45.8 Å². The van der Waals surface area contributed by atoms with E-state index in [1.807, 2.05) is 0 Å². The van der Waals surface area contributed by atoms with Crippen molar-refractivity contribution in [3.63, 3.8) is 0 Å². The van der Waals surface area contributed by atoms with Crippen molar-refractivity contribution >= 4 is 10.0 Å². The SMILES string of the molecule is CCCNC1COCC1CN1CCN(S(C)(=O)=O)CC1. The number of piperazine rings is 1. The van der Waals surface area contributed by atoms with Crippen LogP contribution in [-0.4, -0.2) is 82.4 Å². The molecule has 1 N–H and O–H groups in total. The molecule has 0 spiro atoms. The average molecular weight is 305 g/mol. The zero-order valence-corrected chi connectivity index (χ0v) is 13.4. The zero-order valence-electron chi connectivity index (χ0n) is 12.5. The van der Waals surface area contributed by atoms with Gasteiger partial charge in [-0.2, -0.15) is 4.31 Å². The molecule has 0 aromatic carbocycles. The van der Waals surface area contributed by atoms with E-state index < -0.39 is 10.0 Å². The molecule has 2 aliphatic rings. The van der Waals surface area contributed by atoms with Gasteiger partial charge >= 0.3 is 0 Å². The van der Waals surface area contributed by atoms with Gasteiger partial charge in [0.1, 0.15) is 0 Å². The molecule has 2 atom stereocenters. The summed E-state index contributed by atoms with van der Waals surface area (Å²) >= 11 is 0. The zero-order chi connectivity index (χ0) is 14.6. The molecule has 2 saturated heterocycles. The van der Waals surface area contributed by atoms with E-state index in [-0.39, 0.29) is 0 Å². The van der Waals surface area contributed by atoms with Gasteiger partial charge in [0.25, 0.3) is 0 Å². The minimum Gasteiger partial charge on any atom is -0.379 e. The third-order valence-electron chi connectivity index (χ3n) is 4.15. The third kappa shape index (κ3) is 4.39. The molecule has 2 rings (SSSR count). The van der Waals surface area contributed by atoms with Crippen molar-refractivity contribution in [2.45, 2.75) is 19.4 Å². The summed E-state index contributed by atoms with van der Waals surface area (Å²) in [6.07, 6.45) is 2.43. The van der Waals surface area contributed by atoms with Crippen molar-refractivity contribution in [2.24, 2.45) is 5.92 Å². The Morgan fingerprint density at radius 3 is 2.50 bits per heavy atom. The summed E-state index contributed by atoms with van der Waals surface area (Å²) in [7, 11) is -3.03. The van der Waals surface area contributed by atoms with Crippen LogP contribution >= 0.6 is 0 Å². The number of ether oxygens (including phenoxy) is 1. The molecule has 2 aliphatic heterocycles. The predicted octanol–water partition coefficient (Wildman–Crippen LogP) is -0.422. The molecule has 0 bridgehead atoms. The highest BCUT2D eigenvalue weighted by molar-refractivity contribution is 7.88. The van der Waals surface area contributed by atoms with Crippen LogP contribution in [0.4, 0.5) is 0 Å². The van der Waals surface area contributed by atoms with Crippen LogP contribution in [0.15, 0.2) is 0 Å². The Hall–Kier alpha value is -0.210. The Morgan fingerprint density at radius 2 is 1.90 bits per heavy atom. The highest BCUT2D eigenvalue weighted by Gasteiger charge is 2.31. The first-order valence-corrected chi connectivity index (χ1v) is 9.34. The second-order valence-electron chi connectivity index (χ2n) is 5.82. The van der Waals surface area contributed by atoms with Crippen molar-refractivity contribution in [3.8, 4) is 0 Å². The Kier molecular flexibility index (Phi) is 5.80. The number of nitrogens with zero attached hydrogens (tertiary/aromatic N) is 2. The van der Waals surface area contributed by atoms with Crippen molar-refractivity contribution in [1.29, 1.82) is 0 Å². The van der Waals surface area contributed by atoms with Crippen LogP contribution in [0, 0.1) is 5.92 Å². The smallest absolute Gasteiger partial charge is 0.211 e. The molecule has 20 heavy (non-hydrogen) atoms. The predicted molar refractivity (Wildman–Crippen MR) is 79.2 cm³/mol. The Morgan fingerprint density at radius 1 is 1.20 bits per heavy atom. The van der Waals surface area contributed by atoms with Gasteiger partial charge in [0.05, 0.1) is 19.5 Å². The van der Waals surface area contributed by atoms with Gasteiger partial charge in [0.15, 0.2) is 0 Å². The van der Waals surface area contributed by atoms with Gasteiger partial charge in [0.2, 0.25) is 10.0 Å². The van der Waals surface area contributed by atoms with Gasteiger partial charge in [-0.15, -0.1) is 0 Å². The molecule has 0 radical (unpaired) electrons. The van der Waals surface area contributed by atoms with Crippen molar-refractivity contribution in [2.75, 3.05) is 58.7 Å². The fraction of sp³-hybridized carbons (Fsp3) is 1.00. The lowest BCUT2D eigenvalue weighted by Crippen LogP contribution is -2.51. The van der Waals surface area contributed by atoms with Crippen LogP contribution in [0.3, 0.4) is 0 Å². The summed E-state index contributed by atoms with van der Waals surface area (Å²) in [5, 5.41) is 3.55. The topological polar surface area (TPSA) is 61.9 Å². The van der Waals surface area contributed by atoms with E-state index in [0.29, 0.717) is 25.0 Å². The van der Waals surface area contributed by atoms with E-state index in [1.165, 1.54) is 6.26 Å². The summed E-state index contributed by atoms with van der Waals surface area (Å²) in [6.45, 7) is 8.68. The minimum atomic E-state index is -3.03. The van der Waals surface area contributed by atoms with Gasteiger partial charge in [-0.1, -0.05) is 6.92 Å². The molecule has 0 aromatic rings. The maximum absolute atomic E-state index is 11.5. The molecule has 118 valence electrons. The van der Waals surface area contributed by atoms with Gasteiger partial charge in [0, 0.05) is 44.7 Å². The van der Waals surface area contributed by atoms with Crippen LogP contribution in [0.2, 0.25) is 0 Å². The lowest BCUT2D eigenvalue weighted by atomic mass is 10.0. The number of nitrogens with one attached hydrogen (secondary N) is 1. The van der Waals surface area contributed by atoms with Gasteiger partial charge in [-0.05, 0) is 13.0 Å². The first-order valence-electron chi connectivity index (χ1n) is 7.49. The lowest BCUT2D eigenvalue weighted by molar-refractivity contribution is 0.143. The highest BCUT2D eigenvalue weighted by Crippen LogP contribution is 2.17. The van der Waals surface area contributed by atoms with Crippen LogP contribution in [0.1, 0.15) is 13.3 Å². The molecule has 2 fully saturated rings. The molecule has 2 unspecified atom stereocenters. The minimum absolute atomic E-state index is 0.447. The average Bonchev–Trinajstić information content (AvgIpc) is 2.83. The molecule has 6 nitrogen and oxygen atoms in total. The van der Waals surface area contributed by atoms with E-state index in [9.17, 15) is 8.42 Å². The van der Waals surface area contributed by atoms with Gasteiger partial charge in [-0.3, -0.25) is 0 Å². The van der Waals surface area contributed by atoms with E-state index in [4.69, 9.17) is 4.74 Å². The van der Waals surface area contributed by atoms with E-state index >= 15 is 0 Å². The molecular formula is C13H27N3O3S. The molecule has 2 heterocycles. The third-order valence-corrected chi connectivity index (χ3v) is 5.45. The van der Waals surface area contributed by atoms with E-state index in [2.05, 4.69) is 17.1 Å². The Bertz CT molecular complexity index is 394. The Labute approximate surface area is 122 Å². The summed E-state index contributed by atoms with van der Waals surface area (Å²) < 4.78 is 30.1. The molecular weight excluding hydrogens is 278 g/mol. The molecule has 0 amide bonds. The molecule has 0 aromatic heterocycles. The molecule has 0 saturated carbocycles. The van der Waals surface area contributed by atoms with Gasteiger partial charge < -0.3 is 15.0 Å². The van der Waals surface area contributed by atoms with Crippen LogP contribution in [0.25, 0.3) is 0 Å². The summed E-state index contributed by atoms with van der Waals surface area (Å²) in [5.41, 5.74) is 0. The second-order valence-corrected chi connectivity index (χ2v) is 7.80. The quantitative estimate of drug-likeness (QED) is 0.722.